The van der Waals surface area contributed by atoms with Crippen LogP contribution in [0.2, 0.25) is 0 Å². The first kappa shape index (κ1) is 32.8. The molecule has 3 N–H and O–H groups in total. The predicted molar refractivity (Wildman–Crippen MR) is 124 cm³/mol. The summed E-state index contributed by atoms with van der Waals surface area (Å²) in [4.78, 5) is 20.9. The summed E-state index contributed by atoms with van der Waals surface area (Å²) in [6, 6.07) is 0. The number of aliphatic carboxylic acids is 1. The second-order valence-corrected chi connectivity index (χ2v) is 10.6. The van der Waals surface area contributed by atoms with E-state index in [1.807, 2.05) is 21.1 Å². The fourth-order valence-electron chi connectivity index (χ4n) is 3.18. The Morgan fingerprint density at radius 3 is 2.06 bits per heavy atom. The third-order valence-corrected chi connectivity index (χ3v) is 5.64. The molecule has 9 heteroatoms. The average Bonchev–Trinajstić information content (AvgIpc) is 2.59. The van der Waals surface area contributed by atoms with Gasteiger partial charge in [-0.25, -0.2) is 0 Å². The highest BCUT2D eigenvalue weighted by molar-refractivity contribution is 7.40. The van der Waals surface area contributed by atoms with E-state index in [2.05, 4.69) is 20.8 Å². The topological polar surface area (TPSA) is 115 Å². The molecule has 0 saturated heterocycles. The fraction of sp³-hybridized carbons (Fsp3) is 0.955. The van der Waals surface area contributed by atoms with Crippen molar-refractivity contribution in [2.45, 2.75) is 96.7 Å². The largest absolute Gasteiger partial charge is 0.870 e. The number of rotatable bonds is 20. The summed E-state index contributed by atoms with van der Waals surface area (Å²) in [5.41, 5.74) is -0.00651. The van der Waals surface area contributed by atoms with E-state index in [1.54, 1.807) is 0 Å². The molecule has 0 aromatic heterocycles. The minimum absolute atomic E-state index is 0. The molecule has 0 fully saturated rings. The van der Waals surface area contributed by atoms with Crippen molar-refractivity contribution in [3.8, 4) is 0 Å². The number of carbonyl (C=O) groups is 1. The van der Waals surface area contributed by atoms with E-state index in [9.17, 15) is 9.69 Å². The molecule has 8 nitrogen and oxygen atoms in total. The molecule has 0 aromatic rings. The van der Waals surface area contributed by atoms with E-state index < -0.39 is 20.7 Å². The summed E-state index contributed by atoms with van der Waals surface area (Å²) in [5.74, 6) is -0.938. The second-order valence-electron chi connectivity index (χ2n) is 9.70. The Kier molecular flexibility index (Phi) is 19.2. The number of quaternary nitrogens is 1. The van der Waals surface area contributed by atoms with Crippen molar-refractivity contribution >= 4 is 14.6 Å². The quantitative estimate of drug-likeness (QED) is 0.147. The number of carboxylic acid groups (broad SMARTS) is 1. The minimum atomic E-state index is -2.04. The monoisotopic (exact) mass is 469 g/mol. The standard InChI is InChI=1S/C22H46NO6P.H2O/c1-7-8-15-22(2,3)27-16-13-11-9-10-12-14-17-28-30(26)29-20(18-21(24)25)19-23(4,5)6;/h20,26H,7-19H2,1-6H3;1H2/t20?,30-;/m0./s1. The van der Waals surface area contributed by atoms with E-state index in [1.165, 1.54) is 25.7 Å². The van der Waals surface area contributed by atoms with Crippen LogP contribution in [0.4, 0.5) is 0 Å². The van der Waals surface area contributed by atoms with Crippen LogP contribution in [0.5, 0.6) is 0 Å². The van der Waals surface area contributed by atoms with Gasteiger partial charge in [0.15, 0.2) is 0 Å². The molecule has 0 aliphatic rings. The van der Waals surface area contributed by atoms with Crippen molar-refractivity contribution in [3.63, 3.8) is 0 Å². The first-order chi connectivity index (χ1) is 13.9. The van der Waals surface area contributed by atoms with Crippen molar-refractivity contribution in [2.24, 2.45) is 0 Å². The highest BCUT2D eigenvalue weighted by atomic mass is 31.2. The van der Waals surface area contributed by atoms with Gasteiger partial charge in [-0.05, 0) is 33.1 Å². The summed E-state index contributed by atoms with van der Waals surface area (Å²) in [7, 11) is 3.83. The molecule has 0 rings (SSSR count). The predicted octanol–water partition coefficient (Wildman–Crippen LogP) is 4.94. The fourth-order valence-corrected chi connectivity index (χ4v) is 3.92. The highest BCUT2D eigenvalue weighted by Crippen LogP contribution is 2.36. The third kappa shape index (κ3) is 22.6. The van der Waals surface area contributed by atoms with Crippen LogP contribution in [-0.4, -0.2) is 78.5 Å². The highest BCUT2D eigenvalue weighted by Gasteiger charge is 2.25. The first-order valence-corrected chi connectivity index (χ1v) is 12.5. The lowest BCUT2D eigenvalue weighted by molar-refractivity contribution is -0.873. The maximum Gasteiger partial charge on any atom is 0.330 e. The van der Waals surface area contributed by atoms with Crippen LogP contribution in [0.25, 0.3) is 0 Å². The summed E-state index contributed by atoms with van der Waals surface area (Å²) in [6.45, 7) is 8.31. The van der Waals surface area contributed by atoms with Gasteiger partial charge in [0, 0.05) is 6.61 Å². The van der Waals surface area contributed by atoms with Gasteiger partial charge in [0.2, 0.25) is 0 Å². The molecular formula is C22H48NO7P. The zero-order chi connectivity index (χ0) is 23.0. The Bertz CT molecular complexity index is 444. The lowest BCUT2D eigenvalue weighted by Gasteiger charge is -2.29. The smallest absolute Gasteiger partial charge is 0.330 e. The molecule has 0 bridgehead atoms. The summed E-state index contributed by atoms with van der Waals surface area (Å²) in [5, 5.41) is 9.01. The maximum atomic E-state index is 11.0. The lowest BCUT2D eigenvalue weighted by Crippen LogP contribution is -2.42. The minimum Gasteiger partial charge on any atom is -0.870 e. The molecule has 2 atom stereocenters. The number of hydrogen-bond donors (Lipinski definition) is 2. The van der Waals surface area contributed by atoms with Crippen molar-refractivity contribution in [2.75, 3.05) is 40.9 Å². The van der Waals surface area contributed by atoms with Crippen LogP contribution < -0.4 is 0 Å². The van der Waals surface area contributed by atoms with Gasteiger partial charge in [0.1, 0.15) is 12.6 Å². The molecule has 1 unspecified atom stereocenters. The zero-order valence-corrected chi connectivity index (χ0v) is 21.5. The SMILES string of the molecule is CCCCC(C)(C)OCCCCCCCCO[P@](O)OC(CC(=O)O)C[N+](C)(C)C.[OH-]. The zero-order valence-electron chi connectivity index (χ0n) is 20.6. The van der Waals surface area contributed by atoms with E-state index in [4.69, 9.17) is 18.9 Å². The van der Waals surface area contributed by atoms with Crippen LogP contribution in [-0.2, 0) is 18.6 Å². The molecule has 0 amide bonds. The normalized spacial score (nSPS) is 14.2. The van der Waals surface area contributed by atoms with Crippen molar-refractivity contribution in [3.05, 3.63) is 0 Å². The van der Waals surface area contributed by atoms with Gasteiger partial charge in [-0.2, -0.15) is 0 Å². The molecule has 188 valence electrons. The van der Waals surface area contributed by atoms with E-state index >= 15 is 0 Å². The van der Waals surface area contributed by atoms with Crippen molar-refractivity contribution < 1.29 is 38.5 Å². The summed E-state index contributed by atoms with van der Waals surface area (Å²) in [6.07, 6.45) is 9.32. The maximum absolute atomic E-state index is 11.0. The van der Waals surface area contributed by atoms with Gasteiger partial charge in [-0.3, -0.25) is 4.79 Å². The number of unbranched alkanes of at least 4 members (excludes halogenated alkanes) is 6. The summed E-state index contributed by atoms with van der Waals surface area (Å²) >= 11 is 0. The Hall–Kier alpha value is -0.340. The van der Waals surface area contributed by atoms with E-state index in [-0.39, 0.29) is 17.5 Å². The Labute approximate surface area is 191 Å². The molecule has 0 radical (unpaired) electrons. The molecule has 0 aliphatic heterocycles. The second kappa shape index (κ2) is 18.1. The first-order valence-electron chi connectivity index (χ1n) is 11.4. The van der Waals surface area contributed by atoms with Crippen LogP contribution in [0.1, 0.15) is 85.0 Å². The number of carboxylic acids is 1. The Morgan fingerprint density at radius 2 is 1.55 bits per heavy atom. The van der Waals surface area contributed by atoms with Gasteiger partial charge in [0.05, 0.1) is 39.8 Å². The van der Waals surface area contributed by atoms with Gasteiger partial charge >= 0.3 is 14.6 Å². The average molecular weight is 470 g/mol. The van der Waals surface area contributed by atoms with Crippen LogP contribution >= 0.6 is 8.60 Å². The number of hydrogen-bond acceptors (Lipinski definition) is 6. The number of nitrogens with zero attached hydrogens (tertiary/aromatic N) is 1. The molecule has 0 saturated carbocycles. The van der Waals surface area contributed by atoms with Gasteiger partial charge in [0.25, 0.3) is 0 Å². The molecule has 0 heterocycles. The van der Waals surface area contributed by atoms with Crippen molar-refractivity contribution in [1.29, 1.82) is 0 Å². The van der Waals surface area contributed by atoms with Crippen molar-refractivity contribution in [1.82, 2.24) is 0 Å². The van der Waals surface area contributed by atoms with E-state index in [0.29, 0.717) is 17.6 Å². The molecular weight excluding hydrogens is 421 g/mol. The molecule has 0 spiro atoms. The third-order valence-electron chi connectivity index (χ3n) is 4.76. The van der Waals surface area contributed by atoms with Crippen LogP contribution in [0.3, 0.4) is 0 Å². The lowest BCUT2D eigenvalue weighted by atomic mass is 10.0. The number of ether oxygens (including phenoxy) is 1. The van der Waals surface area contributed by atoms with Crippen LogP contribution in [0.15, 0.2) is 0 Å². The Balaban J connectivity index is 0. The number of likely N-dealkylation sites (N-methyl/N-ethyl adjacent to an activating group) is 1. The van der Waals surface area contributed by atoms with Gasteiger partial charge < -0.3 is 33.7 Å². The Morgan fingerprint density at radius 1 is 1.00 bits per heavy atom. The van der Waals surface area contributed by atoms with E-state index in [0.717, 1.165) is 38.7 Å². The molecule has 31 heavy (non-hydrogen) atoms. The summed E-state index contributed by atoms with van der Waals surface area (Å²) < 4.78 is 17.4. The van der Waals surface area contributed by atoms with Gasteiger partial charge in [-0.1, -0.05) is 45.4 Å². The van der Waals surface area contributed by atoms with Gasteiger partial charge in [-0.15, -0.1) is 0 Å². The molecule has 0 aliphatic carbocycles. The van der Waals surface area contributed by atoms with Crippen LogP contribution in [0, 0.1) is 0 Å². The molecule has 0 aromatic carbocycles.